The molecule has 1 aromatic rings. The van der Waals surface area contributed by atoms with Crippen LogP contribution in [0, 0.1) is 11.8 Å². The fourth-order valence-electron chi connectivity index (χ4n) is 4.14. The van der Waals surface area contributed by atoms with E-state index in [1.807, 2.05) is 0 Å². The van der Waals surface area contributed by atoms with Crippen LogP contribution in [0.4, 0.5) is 18.9 Å². The first-order chi connectivity index (χ1) is 12.0. The summed E-state index contributed by atoms with van der Waals surface area (Å²) < 4.78 is 44.8. The van der Waals surface area contributed by atoms with Crippen LogP contribution in [-0.4, -0.2) is 34.7 Å². The zero-order valence-corrected chi connectivity index (χ0v) is 14.1. The number of alkyl halides is 3. The fourth-order valence-corrected chi connectivity index (χ4v) is 4.34. The van der Waals surface area contributed by atoms with Gasteiger partial charge in [0.15, 0.2) is 0 Å². The van der Waals surface area contributed by atoms with Gasteiger partial charge in [0, 0.05) is 0 Å². The molecule has 9 heteroatoms. The molecule has 2 saturated heterocycles. The summed E-state index contributed by atoms with van der Waals surface area (Å²) >= 11 is 6.00. The van der Waals surface area contributed by atoms with Crippen molar-refractivity contribution in [3.8, 4) is 0 Å². The number of hydrogen-bond acceptors (Lipinski definition) is 4. The molecule has 2 amide bonds. The van der Waals surface area contributed by atoms with Crippen molar-refractivity contribution in [3.05, 3.63) is 40.9 Å². The number of aliphatic hydroxyl groups excluding tert-OH is 1. The Morgan fingerprint density at radius 1 is 1.23 bits per heavy atom. The van der Waals surface area contributed by atoms with E-state index < -0.39 is 53.2 Å². The number of benzene rings is 1. The standard InChI is InChI=1S/C17H13ClF3NO4/c1-15-4-5-16(7-23,26-15)12-11(15)13(24)22(14(12)25)10-6-8(17(19,20)21)2-3-9(10)18/h2-6,11-12,23H,7H2,1H3/t11-,12+,15-,16-/m0/s1. The number of fused-ring (bicyclic) bond motifs is 5. The van der Waals surface area contributed by atoms with Gasteiger partial charge in [-0.05, 0) is 25.1 Å². The normalized spacial score (nSPS) is 35.5. The molecule has 2 fully saturated rings. The monoisotopic (exact) mass is 387 g/mol. The van der Waals surface area contributed by atoms with Crippen molar-refractivity contribution in [1.82, 2.24) is 0 Å². The summed E-state index contributed by atoms with van der Waals surface area (Å²) in [6.45, 7) is 1.08. The van der Waals surface area contributed by atoms with Crippen LogP contribution in [0.2, 0.25) is 5.02 Å². The summed E-state index contributed by atoms with van der Waals surface area (Å²) in [5.41, 5.74) is -3.80. The van der Waals surface area contributed by atoms with E-state index in [1.54, 1.807) is 13.0 Å². The number of ether oxygens (including phenoxy) is 1. The molecule has 4 rings (SSSR count). The third-order valence-corrected chi connectivity index (χ3v) is 5.64. The lowest BCUT2D eigenvalue weighted by Gasteiger charge is -2.27. The van der Waals surface area contributed by atoms with Gasteiger partial charge in [0.05, 0.1) is 40.3 Å². The third kappa shape index (κ3) is 2.06. The zero-order chi connectivity index (χ0) is 19.1. The highest BCUT2D eigenvalue weighted by Crippen LogP contribution is 2.58. The van der Waals surface area contributed by atoms with Crippen molar-refractivity contribution in [1.29, 1.82) is 0 Å². The van der Waals surface area contributed by atoms with Crippen LogP contribution >= 0.6 is 11.6 Å². The zero-order valence-electron chi connectivity index (χ0n) is 13.4. The van der Waals surface area contributed by atoms with Crippen LogP contribution in [-0.2, 0) is 20.5 Å². The van der Waals surface area contributed by atoms with E-state index >= 15 is 0 Å². The second-order valence-corrected chi connectivity index (χ2v) is 7.27. The molecule has 4 atom stereocenters. The Labute approximate surface area is 151 Å². The molecule has 5 nitrogen and oxygen atoms in total. The van der Waals surface area contributed by atoms with Crippen molar-refractivity contribution in [2.75, 3.05) is 11.5 Å². The van der Waals surface area contributed by atoms with Gasteiger partial charge in [-0.15, -0.1) is 0 Å². The molecule has 0 radical (unpaired) electrons. The molecular formula is C17H13ClF3NO4. The van der Waals surface area contributed by atoms with Crippen LogP contribution in [0.1, 0.15) is 12.5 Å². The van der Waals surface area contributed by atoms with Crippen LogP contribution in [0.3, 0.4) is 0 Å². The van der Waals surface area contributed by atoms with Crippen molar-refractivity contribution in [2.24, 2.45) is 11.8 Å². The number of hydrogen-bond donors (Lipinski definition) is 1. The summed E-state index contributed by atoms with van der Waals surface area (Å²) in [5.74, 6) is -3.37. The lowest BCUT2D eigenvalue weighted by atomic mass is 9.73. The number of nitrogens with zero attached hydrogens (tertiary/aromatic N) is 1. The minimum absolute atomic E-state index is 0.149. The Kier molecular flexibility index (Phi) is 3.43. The summed E-state index contributed by atoms with van der Waals surface area (Å²) in [6.07, 6.45) is -1.51. The summed E-state index contributed by atoms with van der Waals surface area (Å²) in [7, 11) is 0. The maximum Gasteiger partial charge on any atom is 0.416 e. The quantitative estimate of drug-likeness (QED) is 0.625. The number of amides is 2. The molecule has 0 spiro atoms. The Balaban J connectivity index is 1.82. The Bertz CT molecular complexity index is 870. The van der Waals surface area contributed by atoms with Gasteiger partial charge >= 0.3 is 6.18 Å². The number of carbonyl (C=O) groups excluding carboxylic acids is 2. The Hall–Kier alpha value is -1.90. The van der Waals surface area contributed by atoms with Gasteiger partial charge in [-0.2, -0.15) is 13.2 Å². The van der Waals surface area contributed by atoms with Gasteiger partial charge in [0.2, 0.25) is 11.8 Å². The molecule has 138 valence electrons. The van der Waals surface area contributed by atoms with Crippen molar-refractivity contribution in [2.45, 2.75) is 24.3 Å². The molecule has 3 aliphatic heterocycles. The average molecular weight is 388 g/mol. The minimum atomic E-state index is -4.65. The maximum atomic E-state index is 13.0. The molecule has 0 aliphatic carbocycles. The number of rotatable bonds is 2. The summed E-state index contributed by atoms with van der Waals surface area (Å²) in [4.78, 5) is 26.6. The molecular weight excluding hydrogens is 375 g/mol. The van der Waals surface area contributed by atoms with Crippen molar-refractivity contribution in [3.63, 3.8) is 0 Å². The van der Waals surface area contributed by atoms with E-state index in [0.29, 0.717) is 11.0 Å². The van der Waals surface area contributed by atoms with Gasteiger partial charge < -0.3 is 9.84 Å². The maximum absolute atomic E-state index is 13.0. The lowest BCUT2D eigenvalue weighted by molar-refractivity contribution is -0.138. The lowest BCUT2D eigenvalue weighted by Crippen LogP contribution is -2.43. The van der Waals surface area contributed by atoms with E-state index in [4.69, 9.17) is 16.3 Å². The predicted octanol–water partition coefficient (Wildman–Crippen LogP) is 2.55. The number of aliphatic hydroxyl groups is 1. The first kappa shape index (κ1) is 17.5. The summed E-state index contributed by atoms with van der Waals surface area (Å²) in [6, 6.07) is 2.47. The van der Waals surface area contributed by atoms with Crippen LogP contribution in [0.5, 0.6) is 0 Å². The Morgan fingerprint density at radius 2 is 1.88 bits per heavy atom. The second kappa shape index (κ2) is 5.09. The highest BCUT2D eigenvalue weighted by atomic mass is 35.5. The topological polar surface area (TPSA) is 66.8 Å². The smallest absolute Gasteiger partial charge is 0.393 e. The van der Waals surface area contributed by atoms with Crippen molar-refractivity contribution < 1.29 is 32.6 Å². The second-order valence-electron chi connectivity index (χ2n) is 6.86. The van der Waals surface area contributed by atoms with Gasteiger partial charge in [-0.3, -0.25) is 9.59 Å². The molecule has 2 bridgehead atoms. The largest absolute Gasteiger partial charge is 0.416 e. The van der Waals surface area contributed by atoms with Crippen molar-refractivity contribution >= 4 is 29.1 Å². The third-order valence-electron chi connectivity index (χ3n) is 5.32. The van der Waals surface area contributed by atoms with E-state index in [0.717, 1.165) is 12.1 Å². The Morgan fingerprint density at radius 3 is 2.50 bits per heavy atom. The fraction of sp³-hybridized carbons (Fsp3) is 0.412. The molecule has 0 unspecified atom stereocenters. The van der Waals surface area contributed by atoms with Crippen LogP contribution in [0.15, 0.2) is 30.4 Å². The first-order valence-corrected chi connectivity index (χ1v) is 8.18. The van der Waals surface area contributed by atoms with Crippen LogP contribution < -0.4 is 4.90 Å². The number of anilines is 1. The highest BCUT2D eigenvalue weighted by molar-refractivity contribution is 6.36. The van der Waals surface area contributed by atoms with Crippen LogP contribution in [0.25, 0.3) is 0 Å². The molecule has 3 aliphatic rings. The van der Waals surface area contributed by atoms with E-state index in [2.05, 4.69) is 0 Å². The van der Waals surface area contributed by atoms with E-state index in [1.165, 1.54) is 6.08 Å². The molecule has 3 heterocycles. The molecule has 26 heavy (non-hydrogen) atoms. The van der Waals surface area contributed by atoms with Gasteiger partial charge in [0.1, 0.15) is 5.60 Å². The first-order valence-electron chi connectivity index (χ1n) is 7.80. The molecule has 0 aromatic heterocycles. The number of halogens is 4. The average Bonchev–Trinajstić information content (AvgIpc) is 3.13. The summed E-state index contributed by atoms with van der Waals surface area (Å²) in [5, 5.41) is 9.59. The van der Waals surface area contributed by atoms with Gasteiger partial charge in [-0.1, -0.05) is 23.8 Å². The minimum Gasteiger partial charge on any atom is -0.393 e. The number of carbonyl (C=O) groups is 2. The van der Waals surface area contributed by atoms with E-state index in [-0.39, 0.29) is 10.7 Å². The SMILES string of the molecule is C[C@@]12C=C[C@@](CO)(O1)[C@H]1C(=O)N(c3cc(C(F)(F)F)ccc3Cl)C(=O)[C@H]12. The van der Waals surface area contributed by atoms with E-state index in [9.17, 15) is 27.9 Å². The highest BCUT2D eigenvalue weighted by Gasteiger charge is 2.72. The molecule has 1 N–H and O–H groups in total. The molecule has 0 saturated carbocycles. The van der Waals surface area contributed by atoms with Gasteiger partial charge in [0.25, 0.3) is 0 Å². The molecule has 1 aromatic carbocycles. The number of imide groups is 1. The van der Waals surface area contributed by atoms with Gasteiger partial charge in [-0.25, -0.2) is 4.90 Å². The predicted molar refractivity (Wildman–Crippen MR) is 84.4 cm³/mol.